The number of nitrogens with one attached hydrogen (secondary N) is 1. The van der Waals surface area contributed by atoms with Crippen molar-refractivity contribution in [3.8, 4) is 11.1 Å². The molecule has 16 heavy (non-hydrogen) atoms. The largest absolute Gasteiger partial charge is 0.361 e. The van der Waals surface area contributed by atoms with Gasteiger partial charge in [0.25, 0.3) is 0 Å². The molecule has 0 fully saturated rings. The fraction of sp³-hybridized carbons (Fsp3) is 0.333. The van der Waals surface area contributed by atoms with Crippen molar-refractivity contribution in [3.05, 3.63) is 46.8 Å². The zero-order chi connectivity index (χ0) is 11.5. The molecule has 1 aromatic heterocycles. The first kappa shape index (κ1) is 9.71. The highest BCUT2D eigenvalue weighted by atomic mass is 14.8. The summed E-state index contributed by atoms with van der Waals surface area (Å²) in [5.41, 5.74) is 8.31. The number of fused-ring (bicyclic) bond motifs is 3. The Morgan fingerprint density at radius 1 is 1.00 bits per heavy atom. The molecule has 0 unspecified atom stereocenters. The first-order valence-electron chi connectivity index (χ1n) is 5.82. The zero-order valence-electron chi connectivity index (χ0n) is 10.3. The third kappa shape index (κ3) is 1.06. The minimum atomic E-state index is 0.116. The Labute approximate surface area is 96.5 Å². The fourth-order valence-electron chi connectivity index (χ4n) is 2.84. The summed E-state index contributed by atoms with van der Waals surface area (Å²) in [4.78, 5) is 3.51. The SMILES string of the molecule is Cc1ccc2c(c1)C(C)(C)c1[nH]c(C)cc1-2. The molecule has 2 aromatic rings. The van der Waals surface area contributed by atoms with Crippen LogP contribution in [0.1, 0.15) is 36.4 Å². The van der Waals surface area contributed by atoms with Gasteiger partial charge in [-0.3, -0.25) is 0 Å². The van der Waals surface area contributed by atoms with Crippen molar-refractivity contribution >= 4 is 0 Å². The quantitative estimate of drug-likeness (QED) is 0.679. The zero-order valence-corrected chi connectivity index (χ0v) is 10.3. The van der Waals surface area contributed by atoms with Gasteiger partial charge < -0.3 is 4.98 Å². The van der Waals surface area contributed by atoms with Gasteiger partial charge in [-0.15, -0.1) is 0 Å². The maximum Gasteiger partial charge on any atom is 0.0331 e. The lowest BCUT2D eigenvalue weighted by atomic mass is 9.85. The van der Waals surface area contributed by atoms with Crippen LogP contribution in [0, 0.1) is 13.8 Å². The molecule has 1 aliphatic rings. The average molecular weight is 211 g/mol. The molecule has 1 heterocycles. The van der Waals surface area contributed by atoms with Gasteiger partial charge in [-0.2, -0.15) is 0 Å². The van der Waals surface area contributed by atoms with Gasteiger partial charge in [-0.25, -0.2) is 0 Å². The minimum absolute atomic E-state index is 0.116. The van der Waals surface area contributed by atoms with Gasteiger partial charge in [0.1, 0.15) is 0 Å². The van der Waals surface area contributed by atoms with Crippen molar-refractivity contribution in [1.82, 2.24) is 4.98 Å². The third-order valence-corrected chi connectivity index (χ3v) is 3.72. The summed E-state index contributed by atoms with van der Waals surface area (Å²) in [6, 6.07) is 9.04. The van der Waals surface area contributed by atoms with Crippen molar-refractivity contribution in [1.29, 1.82) is 0 Å². The van der Waals surface area contributed by atoms with E-state index >= 15 is 0 Å². The van der Waals surface area contributed by atoms with Crippen LogP contribution in [0.4, 0.5) is 0 Å². The highest BCUT2D eigenvalue weighted by Crippen LogP contribution is 2.48. The van der Waals surface area contributed by atoms with Crippen molar-refractivity contribution < 1.29 is 0 Å². The first-order chi connectivity index (χ1) is 7.50. The van der Waals surface area contributed by atoms with Crippen LogP contribution in [0.15, 0.2) is 24.3 Å². The molecule has 0 radical (unpaired) electrons. The van der Waals surface area contributed by atoms with E-state index in [0.717, 1.165) is 0 Å². The number of aromatic nitrogens is 1. The first-order valence-corrected chi connectivity index (χ1v) is 5.82. The number of benzene rings is 1. The Balaban J connectivity index is 2.37. The topological polar surface area (TPSA) is 15.8 Å². The summed E-state index contributed by atoms with van der Waals surface area (Å²) in [5, 5.41) is 0. The van der Waals surface area contributed by atoms with Crippen LogP contribution >= 0.6 is 0 Å². The van der Waals surface area contributed by atoms with E-state index in [9.17, 15) is 0 Å². The predicted octanol–water partition coefficient (Wildman–Crippen LogP) is 3.94. The third-order valence-electron chi connectivity index (χ3n) is 3.72. The minimum Gasteiger partial charge on any atom is -0.361 e. The number of aryl methyl sites for hydroxylation is 2. The van der Waals surface area contributed by atoms with Gasteiger partial charge in [0.15, 0.2) is 0 Å². The molecule has 1 aliphatic carbocycles. The molecular weight excluding hydrogens is 194 g/mol. The number of H-pyrrole nitrogens is 1. The second-order valence-electron chi connectivity index (χ2n) is 5.42. The van der Waals surface area contributed by atoms with E-state index in [0.29, 0.717) is 0 Å². The molecule has 0 spiro atoms. The van der Waals surface area contributed by atoms with Gasteiger partial charge in [-0.05, 0) is 31.0 Å². The Morgan fingerprint density at radius 2 is 1.75 bits per heavy atom. The number of rotatable bonds is 0. The summed E-state index contributed by atoms with van der Waals surface area (Å²) in [5.74, 6) is 0. The Morgan fingerprint density at radius 3 is 2.50 bits per heavy atom. The molecule has 1 nitrogen and oxygen atoms in total. The van der Waals surface area contributed by atoms with Crippen LogP contribution in [0.5, 0.6) is 0 Å². The average Bonchev–Trinajstić information content (AvgIpc) is 2.67. The van der Waals surface area contributed by atoms with Crippen molar-refractivity contribution in [3.63, 3.8) is 0 Å². The van der Waals surface area contributed by atoms with E-state index in [1.165, 1.54) is 33.6 Å². The van der Waals surface area contributed by atoms with E-state index in [-0.39, 0.29) is 5.41 Å². The van der Waals surface area contributed by atoms with Crippen LogP contribution < -0.4 is 0 Å². The molecule has 0 amide bonds. The van der Waals surface area contributed by atoms with Gasteiger partial charge in [0, 0.05) is 22.4 Å². The number of aromatic amines is 1. The summed E-state index contributed by atoms with van der Waals surface area (Å²) >= 11 is 0. The standard InChI is InChI=1S/C15H17N/c1-9-5-6-11-12-8-10(2)16-14(12)15(3,4)13(11)7-9/h5-8,16H,1-4H3. The Hall–Kier alpha value is -1.50. The molecule has 1 N–H and O–H groups in total. The van der Waals surface area contributed by atoms with Crippen LogP contribution in [0.2, 0.25) is 0 Å². The van der Waals surface area contributed by atoms with Gasteiger partial charge in [0.05, 0.1) is 0 Å². The summed E-state index contributed by atoms with van der Waals surface area (Å²) < 4.78 is 0. The lowest BCUT2D eigenvalue weighted by Crippen LogP contribution is -2.16. The second-order valence-corrected chi connectivity index (χ2v) is 5.42. The van der Waals surface area contributed by atoms with Gasteiger partial charge in [0.2, 0.25) is 0 Å². The summed E-state index contributed by atoms with van der Waals surface area (Å²) in [6.45, 7) is 8.89. The summed E-state index contributed by atoms with van der Waals surface area (Å²) in [7, 11) is 0. The fourth-order valence-corrected chi connectivity index (χ4v) is 2.84. The smallest absolute Gasteiger partial charge is 0.0331 e. The molecule has 0 aliphatic heterocycles. The van der Waals surface area contributed by atoms with Crippen molar-refractivity contribution in [2.45, 2.75) is 33.1 Å². The van der Waals surface area contributed by atoms with E-state index in [1.54, 1.807) is 0 Å². The molecule has 3 rings (SSSR count). The molecule has 82 valence electrons. The van der Waals surface area contributed by atoms with E-state index in [4.69, 9.17) is 0 Å². The second kappa shape index (κ2) is 2.79. The van der Waals surface area contributed by atoms with Crippen LogP contribution in [0.25, 0.3) is 11.1 Å². The van der Waals surface area contributed by atoms with Gasteiger partial charge in [-0.1, -0.05) is 37.6 Å². The van der Waals surface area contributed by atoms with Gasteiger partial charge >= 0.3 is 0 Å². The van der Waals surface area contributed by atoms with E-state index in [2.05, 4.69) is 56.9 Å². The molecule has 0 atom stereocenters. The lowest BCUT2D eigenvalue weighted by Gasteiger charge is -2.20. The molecule has 0 saturated carbocycles. The molecular formula is C15H17N. The molecule has 1 heteroatoms. The van der Waals surface area contributed by atoms with Crippen LogP contribution in [-0.4, -0.2) is 4.98 Å². The number of hydrogen-bond acceptors (Lipinski definition) is 0. The lowest BCUT2D eigenvalue weighted by molar-refractivity contribution is 0.637. The molecule has 1 aromatic carbocycles. The predicted molar refractivity (Wildman–Crippen MR) is 67.8 cm³/mol. The normalized spacial score (nSPS) is 16.0. The molecule has 0 bridgehead atoms. The summed E-state index contributed by atoms with van der Waals surface area (Å²) in [6.07, 6.45) is 0. The Bertz CT molecular complexity index is 573. The van der Waals surface area contributed by atoms with Crippen molar-refractivity contribution in [2.24, 2.45) is 0 Å². The Kier molecular flexibility index (Phi) is 1.69. The van der Waals surface area contributed by atoms with Crippen LogP contribution in [-0.2, 0) is 5.41 Å². The van der Waals surface area contributed by atoms with Crippen molar-refractivity contribution in [2.75, 3.05) is 0 Å². The van der Waals surface area contributed by atoms with Crippen LogP contribution in [0.3, 0.4) is 0 Å². The highest BCUT2D eigenvalue weighted by molar-refractivity contribution is 5.80. The van der Waals surface area contributed by atoms with E-state index < -0.39 is 0 Å². The maximum absolute atomic E-state index is 3.51. The van der Waals surface area contributed by atoms with E-state index in [1.807, 2.05) is 0 Å². The number of hydrogen-bond donors (Lipinski definition) is 1. The molecule has 0 saturated heterocycles. The highest BCUT2D eigenvalue weighted by Gasteiger charge is 2.36. The monoisotopic (exact) mass is 211 g/mol. The maximum atomic E-state index is 3.51.